The van der Waals surface area contributed by atoms with Crippen molar-refractivity contribution in [2.75, 3.05) is 18.1 Å². The second-order valence-corrected chi connectivity index (χ2v) is 7.55. The molecule has 1 saturated carbocycles. The van der Waals surface area contributed by atoms with Gasteiger partial charge in [-0.15, -0.1) is 0 Å². The molecule has 4 rings (SSSR count). The van der Waals surface area contributed by atoms with Crippen molar-refractivity contribution in [1.29, 1.82) is 0 Å². The Morgan fingerprint density at radius 1 is 1.00 bits per heavy atom. The molecular weight excluding hydrogens is 370 g/mol. The lowest BCUT2D eigenvalue weighted by Gasteiger charge is -2.19. The van der Waals surface area contributed by atoms with E-state index in [-0.39, 0.29) is 23.7 Å². The lowest BCUT2D eigenvalue weighted by molar-refractivity contribution is -0.122. The van der Waals surface area contributed by atoms with Crippen LogP contribution in [0.25, 0.3) is 0 Å². The normalized spacial score (nSPS) is 21.4. The van der Waals surface area contributed by atoms with Gasteiger partial charge in [-0.25, -0.2) is 4.90 Å². The highest BCUT2D eigenvalue weighted by Crippen LogP contribution is 2.40. The third kappa shape index (κ3) is 3.73. The molecule has 1 saturated heterocycles. The van der Waals surface area contributed by atoms with Crippen LogP contribution in [0.3, 0.4) is 0 Å². The van der Waals surface area contributed by atoms with Crippen LogP contribution < -0.4 is 14.4 Å². The highest BCUT2D eigenvalue weighted by atomic mass is 16.5. The summed E-state index contributed by atoms with van der Waals surface area (Å²) in [6, 6.07) is 5.80. The summed E-state index contributed by atoms with van der Waals surface area (Å²) in [5, 5.41) is 4.38. The van der Waals surface area contributed by atoms with Gasteiger partial charge in [0.2, 0.25) is 11.8 Å². The molecule has 0 N–H and O–H groups in total. The van der Waals surface area contributed by atoms with Gasteiger partial charge in [-0.3, -0.25) is 14.3 Å². The number of hydrogen-bond donors (Lipinski definition) is 0. The summed E-state index contributed by atoms with van der Waals surface area (Å²) in [5.74, 6) is 0.972. The summed E-state index contributed by atoms with van der Waals surface area (Å²) in [6.07, 6.45) is 7.04. The van der Waals surface area contributed by atoms with Crippen LogP contribution in [-0.4, -0.2) is 34.8 Å². The number of anilines is 1. The van der Waals surface area contributed by atoms with Gasteiger partial charge in [0, 0.05) is 6.20 Å². The summed E-state index contributed by atoms with van der Waals surface area (Å²) in [6.45, 7) is 5.50. The van der Waals surface area contributed by atoms with E-state index in [1.165, 1.54) is 4.90 Å². The third-order valence-corrected chi connectivity index (χ3v) is 5.67. The fraction of sp³-hybridized carbons (Fsp3) is 0.500. The minimum absolute atomic E-state index is 0.0704. The van der Waals surface area contributed by atoms with Gasteiger partial charge in [0.1, 0.15) is 0 Å². The molecule has 7 nitrogen and oxygen atoms in total. The molecule has 1 aliphatic carbocycles. The highest BCUT2D eigenvalue weighted by molar-refractivity contribution is 6.22. The Morgan fingerprint density at radius 3 is 2.31 bits per heavy atom. The summed E-state index contributed by atoms with van der Waals surface area (Å²) in [5.41, 5.74) is 1.56. The van der Waals surface area contributed by atoms with Gasteiger partial charge in [-0.1, -0.05) is 18.9 Å². The van der Waals surface area contributed by atoms with E-state index < -0.39 is 0 Å². The fourth-order valence-corrected chi connectivity index (χ4v) is 4.35. The predicted octanol–water partition coefficient (Wildman–Crippen LogP) is 3.41. The van der Waals surface area contributed by atoms with Crippen molar-refractivity contribution >= 4 is 17.5 Å². The first-order valence-corrected chi connectivity index (χ1v) is 10.4. The fourth-order valence-electron chi connectivity index (χ4n) is 4.35. The SMILES string of the molecule is CCOc1ccc(Cn2cc(N3C(=O)[C@H]4CCCC[C@H]4C3=O)cn2)cc1OCC. The number of imide groups is 1. The number of benzene rings is 1. The van der Waals surface area contributed by atoms with Crippen molar-refractivity contribution in [2.24, 2.45) is 11.8 Å². The van der Waals surface area contributed by atoms with Gasteiger partial charge in [0.15, 0.2) is 11.5 Å². The van der Waals surface area contributed by atoms with Crippen LogP contribution >= 0.6 is 0 Å². The first-order chi connectivity index (χ1) is 14.1. The van der Waals surface area contributed by atoms with Crippen LogP contribution in [0.4, 0.5) is 5.69 Å². The van der Waals surface area contributed by atoms with E-state index in [2.05, 4.69) is 5.10 Å². The maximum Gasteiger partial charge on any atom is 0.237 e. The average Bonchev–Trinajstić information content (AvgIpc) is 3.27. The molecule has 0 unspecified atom stereocenters. The Morgan fingerprint density at radius 2 is 1.66 bits per heavy atom. The van der Waals surface area contributed by atoms with Crippen LogP contribution in [0.2, 0.25) is 0 Å². The van der Waals surface area contributed by atoms with E-state index in [1.54, 1.807) is 17.1 Å². The number of nitrogens with zero attached hydrogens (tertiary/aromatic N) is 3. The molecule has 2 amide bonds. The number of fused-ring (bicyclic) bond motifs is 1. The van der Waals surface area contributed by atoms with Gasteiger partial charge in [0.05, 0.1) is 43.5 Å². The second kappa shape index (κ2) is 8.27. The number of ether oxygens (including phenoxy) is 2. The molecule has 2 aliphatic rings. The molecule has 2 aromatic rings. The van der Waals surface area contributed by atoms with E-state index >= 15 is 0 Å². The van der Waals surface area contributed by atoms with Gasteiger partial charge < -0.3 is 9.47 Å². The number of aromatic nitrogens is 2. The number of carbonyl (C=O) groups is 2. The topological polar surface area (TPSA) is 73.7 Å². The van der Waals surface area contributed by atoms with Crippen LogP contribution in [0.1, 0.15) is 45.1 Å². The van der Waals surface area contributed by atoms with Gasteiger partial charge in [-0.2, -0.15) is 5.10 Å². The molecule has 2 fully saturated rings. The van der Waals surface area contributed by atoms with Crippen LogP contribution in [0, 0.1) is 11.8 Å². The Kier molecular flexibility index (Phi) is 5.56. The molecule has 1 aromatic heterocycles. The standard InChI is InChI=1S/C22H27N3O4/c1-3-28-19-10-9-15(11-20(19)29-4-2)13-24-14-16(12-23-24)25-21(26)17-7-5-6-8-18(17)22(25)27/h9-12,14,17-18H,3-8,13H2,1-2H3/t17-,18+. The smallest absolute Gasteiger partial charge is 0.237 e. The minimum Gasteiger partial charge on any atom is -0.490 e. The number of amides is 2. The van der Waals surface area contributed by atoms with Crippen molar-refractivity contribution < 1.29 is 19.1 Å². The van der Waals surface area contributed by atoms with E-state index in [4.69, 9.17) is 9.47 Å². The number of carbonyl (C=O) groups excluding carboxylic acids is 2. The molecule has 1 aliphatic heterocycles. The predicted molar refractivity (Wildman–Crippen MR) is 108 cm³/mol. The summed E-state index contributed by atoms with van der Waals surface area (Å²) >= 11 is 0. The molecular formula is C22H27N3O4. The molecule has 0 spiro atoms. The lowest BCUT2D eigenvalue weighted by atomic mass is 9.81. The summed E-state index contributed by atoms with van der Waals surface area (Å²) in [4.78, 5) is 26.9. The van der Waals surface area contributed by atoms with Crippen molar-refractivity contribution in [3.8, 4) is 11.5 Å². The molecule has 2 atom stereocenters. The zero-order valence-corrected chi connectivity index (χ0v) is 17.0. The van der Waals surface area contributed by atoms with Crippen LogP contribution in [-0.2, 0) is 16.1 Å². The summed E-state index contributed by atoms with van der Waals surface area (Å²) < 4.78 is 13.0. The summed E-state index contributed by atoms with van der Waals surface area (Å²) in [7, 11) is 0. The van der Waals surface area contributed by atoms with Crippen LogP contribution in [0.15, 0.2) is 30.6 Å². The molecule has 1 aromatic carbocycles. The molecule has 154 valence electrons. The van der Waals surface area contributed by atoms with Crippen molar-refractivity contribution in [3.05, 3.63) is 36.2 Å². The van der Waals surface area contributed by atoms with E-state index in [9.17, 15) is 9.59 Å². The minimum atomic E-state index is -0.153. The van der Waals surface area contributed by atoms with E-state index in [0.717, 1.165) is 37.0 Å². The van der Waals surface area contributed by atoms with Crippen molar-refractivity contribution in [1.82, 2.24) is 9.78 Å². The average molecular weight is 397 g/mol. The van der Waals surface area contributed by atoms with Gasteiger partial charge >= 0.3 is 0 Å². The van der Waals surface area contributed by atoms with Gasteiger partial charge in [0.25, 0.3) is 0 Å². The second-order valence-electron chi connectivity index (χ2n) is 7.55. The third-order valence-electron chi connectivity index (χ3n) is 5.67. The Labute approximate surface area is 170 Å². The Hall–Kier alpha value is -2.83. The maximum atomic E-state index is 12.8. The molecule has 7 heteroatoms. The maximum absolute atomic E-state index is 12.8. The zero-order valence-electron chi connectivity index (χ0n) is 17.0. The number of rotatable bonds is 7. The Balaban J connectivity index is 1.52. The quantitative estimate of drug-likeness (QED) is 0.670. The van der Waals surface area contributed by atoms with E-state index in [1.807, 2.05) is 32.0 Å². The zero-order chi connectivity index (χ0) is 20.4. The Bertz CT molecular complexity index is 883. The first kappa shape index (κ1) is 19.5. The van der Waals surface area contributed by atoms with Gasteiger partial charge in [-0.05, 0) is 44.4 Å². The molecule has 2 heterocycles. The molecule has 0 bridgehead atoms. The highest BCUT2D eigenvalue weighted by Gasteiger charge is 2.49. The molecule has 29 heavy (non-hydrogen) atoms. The number of hydrogen-bond acceptors (Lipinski definition) is 5. The lowest BCUT2D eigenvalue weighted by Crippen LogP contribution is -2.30. The molecule has 0 radical (unpaired) electrons. The first-order valence-electron chi connectivity index (χ1n) is 10.4. The van der Waals surface area contributed by atoms with Crippen LogP contribution in [0.5, 0.6) is 11.5 Å². The largest absolute Gasteiger partial charge is 0.490 e. The van der Waals surface area contributed by atoms with Crippen molar-refractivity contribution in [3.63, 3.8) is 0 Å². The van der Waals surface area contributed by atoms with E-state index in [0.29, 0.717) is 31.2 Å². The van der Waals surface area contributed by atoms with Crippen molar-refractivity contribution in [2.45, 2.75) is 46.1 Å². The monoisotopic (exact) mass is 397 g/mol.